The van der Waals surface area contributed by atoms with Crippen LogP contribution < -0.4 is 0 Å². The van der Waals surface area contributed by atoms with Crippen molar-refractivity contribution in [1.82, 2.24) is 19.5 Å². The second-order valence-electron chi connectivity index (χ2n) is 15.7. The molecule has 8 aromatic carbocycles. The largest absolute Gasteiger partial charge is 0.309 e. The van der Waals surface area contributed by atoms with Crippen LogP contribution in [0, 0.1) is 0 Å². The van der Waals surface area contributed by atoms with Gasteiger partial charge >= 0.3 is 0 Å². The maximum atomic E-state index is 5.24. The van der Waals surface area contributed by atoms with E-state index in [1.807, 2.05) is 12.1 Å². The summed E-state index contributed by atoms with van der Waals surface area (Å²) in [7, 11) is 0. The molecule has 2 aromatic heterocycles. The minimum atomic E-state index is -0.185. The molecule has 58 heavy (non-hydrogen) atoms. The normalized spacial score (nSPS) is 12.8. The molecule has 1 aliphatic rings. The molecule has 10 aromatic rings. The first-order valence-electron chi connectivity index (χ1n) is 19.9. The number of para-hydroxylation sites is 1. The molecule has 1 aliphatic carbocycles. The first kappa shape index (κ1) is 33.9. The van der Waals surface area contributed by atoms with Crippen LogP contribution in [0.1, 0.15) is 25.0 Å². The second kappa shape index (κ2) is 13.4. The molecule has 0 radical (unpaired) electrons. The van der Waals surface area contributed by atoms with E-state index in [1.165, 1.54) is 44.1 Å². The van der Waals surface area contributed by atoms with E-state index in [0.29, 0.717) is 17.5 Å². The third-order valence-corrected chi connectivity index (χ3v) is 11.8. The highest BCUT2D eigenvalue weighted by atomic mass is 15.0. The number of benzene rings is 8. The Balaban J connectivity index is 1.12. The average molecular weight is 743 g/mol. The van der Waals surface area contributed by atoms with Crippen LogP contribution in [0.4, 0.5) is 0 Å². The van der Waals surface area contributed by atoms with Crippen LogP contribution in [0.15, 0.2) is 194 Å². The first-order valence-corrected chi connectivity index (χ1v) is 19.9. The zero-order valence-electron chi connectivity index (χ0n) is 32.3. The molecule has 0 N–H and O–H groups in total. The summed E-state index contributed by atoms with van der Waals surface area (Å²) in [5.41, 5.74) is 15.9. The van der Waals surface area contributed by atoms with Gasteiger partial charge in [-0.25, -0.2) is 15.0 Å². The summed E-state index contributed by atoms with van der Waals surface area (Å²) in [6.45, 7) is 4.73. The molecule has 2 heterocycles. The number of hydrogen-bond donors (Lipinski definition) is 0. The lowest BCUT2D eigenvalue weighted by atomic mass is 9.81. The maximum Gasteiger partial charge on any atom is 0.164 e. The highest BCUT2D eigenvalue weighted by Crippen LogP contribution is 2.53. The zero-order chi connectivity index (χ0) is 38.8. The Morgan fingerprint density at radius 3 is 1.52 bits per heavy atom. The lowest BCUT2D eigenvalue weighted by Crippen LogP contribution is -2.16. The van der Waals surface area contributed by atoms with E-state index in [-0.39, 0.29) is 5.41 Å². The quantitative estimate of drug-likeness (QED) is 0.170. The highest BCUT2D eigenvalue weighted by Gasteiger charge is 2.38. The van der Waals surface area contributed by atoms with Gasteiger partial charge in [-0.3, -0.25) is 0 Å². The molecule has 0 unspecified atom stereocenters. The van der Waals surface area contributed by atoms with Gasteiger partial charge in [0, 0.05) is 38.6 Å². The molecule has 0 fully saturated rings. The zero-order valence-corrected chi connectivity index (χ0v) is 32.3. The Kier molecular flexibility index (Phi) is 7.80. The number of aromatic nitrogens is 4. The molecule has 11 rings (SSSR count). The van der Waals surface area contributed by atoms with E-state index >= 15 is 0 Å². The van der Waals surface area contributed by atoms with Crippen molar-refractivity contribution in [3.8, 4) is 73.2 Å². The summed E-state index contributed by atoms with van der Waals surface area (Å²) < 4.78 is 2.45. The molecule has 0 spiro atoms. The second-order valence-corrected chi connectivity index (χ2v) is 15.7. The lowest BCUT2D eigenvalue weighted by Gasteiger charge is -2.23. The summed E-state index contributed by atoms with van der Waals surface area (Å²) >= 11 is 0. The minimum absolute atomic E-state index is 0.185. The van der Waals surface area contributed by atoms with Gasteiger partial charge in [-0.1, -0.05) is 178 Å². The Bertz CT molecular complexity index is 3090. The molecule has 0 saturated carbocycles. The molecular weight excluding hydrogens is 705 g/mol. The predicted molar refractivity (Wildman–Crippen MR) is 239 cm³/mol. The Hall–Kier alpha value is -7.43. The van der Waals surface area contributed by atoms with E-state index in [4.69, 9.17) is 15.0 Å². The monoisotopic (exact) mass is 742 g/mol. The van der Waals surface area contributed by atoms with Crippen LogP contribution in [0.5, 0.6) is 0 Å². The lowest BCUT2D eigenvalue weighted by molar-refractivity contribution is 0.664. The van der Waals surface area contributed by atoms with Gasteiger partial charge in [0.1, 0.15) is 0 Å². The van der Waals surface area contributed by atoms with Crippen LogP contribution in [0.25, 0.3) is 95.0 Å². The molecule has 0 saturated heterocycles. The number of rotatable bonds is 6. The third kappa shape index (κ3) is 5.48. The Labute approximate surface area is 337 Å². The van der Waals surface area contributed by atoms with Gasteiger partial charge in [0.05, 0.1) is 11.0 Å². The summed E-state index contributed by atoms with van der Waals surface area (Å²) in [6, 6.07) is 68.8. The fraction of sp³-hybridized carbons (Fsp3) is 0.0556. The van der Waals surface area contributed by atoms with Crippen LogP contribution in [0.3, 0.4) is 0 Å². The maximum absolute atomic E-state index is 5.24. The standard InChI is InChI=1S/C54H38N4/c1-54(2)47-28-11-9-26-43(47)45-30-31-46-44-27-10-12-29-48(44)58(50(46)49(45)54)42-25-15-24-41(34-42)53-56-51(39-22-13-20-37(32-39)35-16-5-3-6-17-35)55-52(57-53)40-23-14-21-38(33-40)36-18-7-4-8-19-36/h3-34H,1-2H3. The molecule has 274 valence electrons. The molecule has 0 bridgehead atoms. The summed E-state index contributed by atoms with van der Waals surface area (Å²) in [5, 5.41) is 2.49. The number of fused-ring (bicyclic) bond motifs is 7. The molecule has 0 amide bonds. The van der Waals surface area contributed by atoms with E-state index in [2.05, 4.69) is 200 Å². The van der Waals surface area contributed by atoms with Gasteiger partial charge in [0.15, 0.2) is 17.5 Å². The topological polar surface area (TPSA) is 43.6 Å². The predicted octanol–water partition coefficient (Wildman–Crippen LogP) is 13.6. The molecule has 4 nitrogen and oxygen atoms in total. The van der Waals surface area contributed by atoms with Crippen molar-refractivity contribution in [3.05, 3.63) is 205 Å². The van der Waals surface area contributed by atoms with Gasteiger partial charge in [-0.05, 0) is 74.8 Å². The van der Waals surface area contributed by atoms with Crippen molar-refractivity contribution in [2.75, 3.05) is 0 Å². The summed E-state index contributed by atoms with van der Waals surface area (Å²) in [6.07, 6.45) is 0. The van der Waals surface area contributed by atoms with Crippen molar-refractivity contribution < 1.29 is 0 Å². The third-order valence-electron chi connectivity index (χ3n) is 11.8. The van der Waals surface area contributed by atoms with Crippen molar-refractivity contribution in [2.24, 2.45) is 0 Å². The minimum Gasteiger partial charge on any atom is -0.309 e. The van der Waals surface area contributed by atoms with Crippen molar-refractivity contribution >= 4 is 21.8 Å². The van der Waals surface area contributed by atoms with Crippen LogP contribution in [-0.4, -0.2) is 19.5 Å². The Morgan fingerprint density at radius 1 is 0.379 bits per heavy atom. The molecule has 0 atom stereocenters. The number of nitrogens with zero attached hydrogens (tertiary/aromatic N) is 4. The Morgan fingerprint density at radius 2 is 0.879 bits per heavy atom. The number of hydrogen-bond acceptors (Lipinski definition) is 3. The average Bonchev–Trinajstić information content (AvgIpc) is 3.75. The van der Waals surface area contributed by atoms with Gasteiger partial charge in [0.2, 0.25) is 0 Å². The molecule has 4 heteroatoms. The van der Waals surface area contributed by atoms with Crippen LogP contribution in [-0.2, 0) is 5.41 Å². The summed E-state index contributed by atoms with van der Waals surface area (Å²) in [4.78, 5) is 15.6. The highest BCUT2D eigenvalue weighted by molar-refractivity contribution is 6.13. The fourth-order valence-corrected chi connectivity index (χ4v) is 9.06. The first-order chi connectivity index (χ1) is 28.5. The van der Waals surface area contributed by atoms with Crippen molar-refractivity contribution in [1.29, 1.82) is 0 Å². The van der Waals surface area contributed by atoms with E-state index in [0.717, 1.165) is 44.6 Å². The van der Waals surface area contributed by atoms with Gasteiger partial charge in [-0.15, -0.1) is 0 Å². The molecule has 0 aliphatic heterocycles. The van der Waals surface area contributed by atoms with E-state index in [9.17, 15) is 0 Å². The van der Waals surface area contributed by atoms with Crippen LogP contribution in [0.2, 0.25) is 0 Å². The van der Waals surface area contributed by atoms with E-state index < -0.39 is 0 Å². The van der Waals surface area contributed by atoms with E-state index in [1.54, 1.807) is 0 Å². The SMILES string of the molecule is CC1(C)c2ccccc2-c2ccc3c4ccccc4n(-c4cccc(-c5nc(-c6cccc(-c7ccccc7)c6)nc(-c6cccc(-c7ccccc7)c6)n5)c4)c3c21. The van der Waals surface area contributed by atoms with Crippen molar-refractivity contribution in [2.45, 2.75) is 19.3 Å². The summed E-state index contributed by atoms with van der Waals surface area (Å²) in [5.74, 6) is 1.88. The fourth-order valence-electron chi connectivity index (χ4n) is 9.06. The smallest absolute Gasteiger partial charge is 0.164 e. The van der Waals surface area contributed by atoms with Crippen molar-refractivity contribution in [3.63, 3.8) is 0 Å². The van der Waals surface area contributed by atoms with Crippen LogP contribution >= 0.6 is 0 Å². The van der Waals surface area contributed by atoms with Gasteiger partial charge in [-0.2, -0.15) is 0 Å². The van der Waals surface area contributed by atoms with Gasteiger partial charge < -0.3 is 4.57 Å². The molecular formula is C54H38N4. The van der Waals surface area contributed by atoms with Gasteiger partial charge in [0.25, 0.3) is 0 Å².